The average Bonchev–Trinajstić information content (AvgIpc) is 2.96. The van der Waals surface area contributed by atoms with Gasteiger partial charge in [0.25, 0.3) is 0 Å². The zero-order valence-corrected chi connectivity index (χ0v) is 17.7. The number of nitrogens with zero attached hydrogens (tertiary/aromatic N) is 5. The molecular weight excluding hydrogens is 358 g/mol. The highest BCUT2D eigenvalue weighted by Crippen LogP contribution is 2.32. The molecule has 0 spiro atoms. The molecule has 1 aliphatic heterocycles. The Kier molecular flexibility index (Phi) is 9.35. The zero-order valence-electron chi connectivity index (χ0n) is 16.2. The summed E-state index contributed by atoms with van der Waals surface area (Å²) in [6, 6.07) is -0.245. The largest absolute Gasteiger partial charge is 0.357 e. The van der Waals surface area contributed by atoms with Gasteiger partial charge in [0.15, 0.2) is 4.50 Å². The first kappa shape index (κ1) is 21.8. The van der Waals surface area contributed by atoms with Crippen LogP contribution < -0.4 is 0 Å². The third-order valence-electron chi connectivity index (χ3n) is 4.15. The fourth-order valence-electron chi connectivity index (χ4n) is 2.71. The normalized spacial score (nSPS) is 15.4. The molecule has 0 unspecified atom stereocenters. The summed E-state index contributed by atoms with van der Waals surface area (Å²) >= 11 is 7.45. The van der Waals surface area contributed by atoms with Gasteiger partial charge in [-0.25, -0.2) is 9.79 Å². The van der Waals surface area contributed by atoms with Crippen LogP contribution in [0.25, 0.3) is 0 Å². The van der Waals surface area contributed by atoms with Crippen LogP contribution in [0.1, 0.15) is 41.5 Å². The van der Waals surface area contributed by atoms with Gasteiger partial charge in [0.2, 0.25) is 0 Å². The number of amides is 2. The summed E-state index contributed by atoms with van der Waals surface area (Å²) in [5, 5.41) is 0.579. The van der Waals surface area contributed by atoms with E-state index in [4.69, 9.17) is 11.6 Å². The minimum absolute atomic E-state index is 0.245. The zero-order chi connectivity index (χ0) is 19.0. The van der Waals surface area contributed by atoms with Crippen LogP contribution in [-0.2, 0) is 0 Å². The van der Waals surface area contributed by atoms with Gasteiger partial charge in [0.1, 0.15) is 16.6 Å². The Labute approximate surface area is 161 Å². The number of hydrogen-bond acceptors (Lipinski definition) is 5. The molecule has 0 bridgehead atoms. The van der Waals surface area contributed by atoms with Crippen molar-refractivity contribution in [2.24, 2.45) is 9.98 Å². The standard InChI is InChI=1S/C17H30ClN5OS/c1-7-21(8-2)15(22(9-3)10-4)13-14(25-16(18)19-13)20-17(24)23(11-5)12-6/h7-12H2,1-6H3/b20-14-. The van der Waals surface area contributed by atoms with Crippen molar-refractivity contribution in [3.05, 3.63) is 11.5 Å². The molecule has 1 heterocycles. The lowest BCUT2D eigenvalue weighted by Gasteiger charge is -2.34. The molecule has 0 atom stereocenters. The second kappa shape index (κ2) is 10.7. The highest BCUT2D eigenvalue weighted by atomic mass is 35.5. The van der Waals surface area contributed by atoms with E-state index in [1.54, 1.807) is 4.90 Å². The Morgan fingerprint density at radius 2 is 1.36 bits per heavy atom. The minimum Gasteiger partial charge on any atom is -0.357 e. The van der Waals surface area contributed by atoms with Crippen molar-refractivity contribution in [2.45, 2.75) is 41.5 Å². The van der Waals surface area contributed by atoms with E-state index in [1.165, 1.54) is 11.8 Å². The molecule has 142 valence electrons. The number of carbonyl (C=O) groups excluding carboxylic acids is 1. The summed E-state index contributed by atoms with van der Waals surface area (Å²) in [5.41, 5.74) is 0.697. The molecule has 8 heteroatoms. The van der Waals surface area contributed by atoms with Gasteiger partial charge in [0.05, 0.1) is 0 Å². The predicted octanol–water partition coefficient (Wildman–Crippen LogP) is 4.04. The number of rotatable bonds is 8. The first-order valence-corrected chi connectivity index (χ1v) is 10.2. The van der Waals surface area contributed by atoms with Crippen LogP contribution in [0.4, 0.5) is 4.79 Å². The summed E-state index contributed by atoms with van der Waals surface area (Å²) in [6.07, 6.45) is 0. The molecule has 0 aromatic heterocycles. The molecule has 2 amide bonds. The van der Waals surface area contributed by atoms with Gasteiger partial charge in [-0.1, -0.05) is 11.6 Å². The molecule has 6 nitrogen and oxygen atoms in total. The molecule has 1 rings (SSSR count). The Morgan fingerprint density at radius 3 is 1.76 bits per heavy atom. The topological polar surface area (TPSA) is 51.5 Å². The van der Waals surface area contributed by atoms with Gasteiger partial charge in [-0.3, -0.25) is 0 Å². The van der Waals surface area contributed by atoms with E-state index in [-0.39, 0.29) is 6.03 Å². The van der Waals surface area contributed by atoms with Crippen LogP contribution in [0.2, 0.25) is 0 Å². The maximum atomic E-state index is 12.4. The van der Waals surface area contributed by atoms with E-state index < -0.39 is 0 Å². The van der Waals surface area contributed by atoms with E-state index in [1.807, 2.05) is 13.8 Å². The molecule has 0 saturated heterocycles. The van der Waals surface area contributed by atoms with E-state index >= 15 is 0 Å². The Morgan fingerprint density at radius 1 is 0.920 bits per heavy atom. The van der Waals surface area contributed by atoms with Crippen molar-refractivity contribution < 1.29 is 4.79 Å². The number of aliphatic imine (C=N–C) groups is 2. The minimum atomic E-state index is -0.245. The summed E-state index contributed by atoms with van der Waals surface area (Å²) in [6.45, 7) is 17.0. The molecular formula is C17H30ClN5OS. The number of halogens is 1. The van der Waals surface area contributed by atoms with Crippen LogP contribution in [0, 0.1) is 0 Å². The summed E-state index contributed by atoms with van der Waals surface area (Å²) in [4.78, 5) is 27.4. The first-order valence-electron chi connectivity index (χ1n) is 9.01. The van der Waals surface area contributed by atoms with Gasteiger partial charge >= 0.3 is 6.03 Å². The van der Waals surface area contributed by atoms with Crippen LogP contribution in [0.5, 0.6) is 0 Å². The average molecular weight is 388 g/mol. The molecule has 0 N–H and O–H groups in total. The molecule has 0 aliphatic carbocycles. The SMILES string of the molecule is CCN(CC)C(=O)/N=C1\SC(Cl)=NC1=C(N(CC)CC)N(CC)CC. The van der Waals surface area contributed by atoms with Gasteiger partial charge < -0.3 is 14.7 Å². The van der Waals surface area contributed by atoms with Crippen LogP contribution >= 0.6 is 23.4 Å². The Balaban J connectivity index is 3.44. The van der Waals surface area contributed by atoms with Crippen molar-refractivity contribution in [1.82, 2.24) is 14.7 Å². The van der Waals surface area contributed by atoms with Crippen LogP contribution in [0.15, 0.2) is 21.5 Å². The van der Waals surface area contributed by atoms with E-state index in [0.29, 0.717) is 28.3 Å². The molecule has 0 aromatic carbocycles. The Bertz CT molecular complexity index is 535. The van der Waals surface area contributed by atoms with Crippen molar-refractivity contribution in [3.63, 3.8) is 0 Å². The van der Waals surface area contributed by atoms with Crippen molar-refractivity contribution in [1.29, 1.82) is 0 Å². The highest BCUT2D eigenvalue weighted by molar-refractivity contribution is 8.29. The maximum absolute atomic E-state index is 12.4. The number of urea groups is 1. The molecule has 0 aromatic rings. The van der Waals surface area contributed by atoms with Gasteiger partial charge in [-0.15, -0.1) is 0 Å². The molecule has 0 saturated carbocycles. The monoisotopic (exact) mass is 387 g/mol. The van der Waals surface area contributed by atoms with Crippen molar-refractivity contribution >= 4 is 38.9 Å². The van der Waals surface area contributed by atoms with E-state index in [2.05, 4.69) is 47.5 Å². The summed E-state index contributed by atoms with van der Waals surface area (Å²) in [5.74, 6) is 0.990. The highest BCUT2D eigenvalue weighted by Gasteiger charge is 2.28. The third kappa shape index (κ3) is 5.38. The third-order valence-corrected chi connectivity index (χ3v) is 5.21. The first-order chi connectivity index (χ1) is 12.0. The molecule has 0 fully saturated rings. The van der Waals surface area contributed by atoms with Crippen LogP contribution in [-0.4, -0.2) is 69.5 Å². The summed E-state index contributed by atoms with van der Waals surface area (Å²) < 4.78 is 0.401. The van der Waals surface area contributed by atoms with E-state index in [0.717, 1.165) is 32.0 Å². The quantitative estimate of drug-likeness (QED) is 0.630. The van der Waals surface area contributed by atoms with Crippen LogP contribution in [0.3, 0.4) is 0 Å². The molecule has 25 heavy (non-hydrogen) atoms. The van der Waals surface area contributed by atoms with Gasteiger partial charge in [0, 0.05) is 39.3 Å². The lowest BCUT2D eigenvalue weighted by atomic mass is 10.3. The smallest absolute Gasteiger partial charge is 0.344 e. The Hall–Kier alpha value is -1.21. The van der Waals surface area contributed by atoms with Crippen molar-refractivity contribution in [2.75, 3.05) is 39.3 Å². The van der Waals surface area contributed by atoms with Crippen molar-refractivity contribution in [3.8, 4) is 0 Å². The molecule has 0 radical (unpaired) electrons. The summed E-state index contributed by atoms with van der Waals surface area (Å²) in [7, 11) is 0. The second-order valence-corrected chi connectivity index (χ2v) is 6.92. The maximum Gasteiger partial charge on any atom is 0.344 e. The predicted molar refractivity (Wildman–Crippen MR) is 109 cm³/mol. The lowest BCUT2D eigenvalue weighted by molar-refractivity contribution is 0.213. The number of thioether (sulfide) groups is 1. The lowest BCUT2D eigenvalue weighted by Crippen LogP contribution is -2.37. The fourth-order valence-corrected chi connectivity index (χ4v) is 3.66. The van der Waals surface area contributed by atoms with Gasteiger partial charge in [-0.2, -0.15) is 4.99 Å². The number of hydrogen-bond donors (Lipinski definition) is 0. The number of carbonyl (C=O) groups is 1. The van der Waals surface area contributed by atoms with E-state index in [9.17, 15) is 4.79 Å². The van der Waals surface area contributed by atoms with Gasteiger partial charge in [-0.05, 0) is 53.3 Å². The fraction of sp³-hybridized carbons (Fsp3) is 0.706. The molecule has 1 aliphatic rings. The second-order valence-electron chi connectivity index (χ2n) is 5.36.